The second-order valence-corrected chi connectivity index (χ2v) is 10.5. The Hall–Kier alpha value is -2.81. The zero-order valence-electron chi connectivity index (χ0n) is 19.3. The van der Waals surface area contributed by atoms with Crippen LogP contribution in [0.1, 0.15) is 39.9 Å². The summed E-state index contributed by atoms with van der Waals surface area (Å²) >= 11 is 14.5. The van der Waals surface area contributed by atoms with E-state index in [-0.39, 0.29) is 12.4 Å². The number of benzene rings is 3. The van der Waals surface area contributed by atoms with Crippen molar-refractivity contribution >= 4 is 63.2 Å². The minimum Gasteiger partial charge on any atom is -0.488 e. The van der Waals surface area contributed by atoms with Crippen molar-refractivity contribution in [1.29, 1.82) is 0 Å². The summed E-state index contributed by atoms with van der Waals surface area (Å²) in [7, 11) is 1.34. The Balaban J connectivity index is 1.53. The van der Waals surface area contributed by atoms with Gasteiger partial charge in [-0.2, -0.15) is 0 Å². The van der Waals surface area contributed by atoms with E-state index < -0.39 is 11.9 Å². The minimum atomic E-state index is -0.582. The third-order valence-corrected chi connectivity index (χ3v) is 7.77. The van der Waals surface area contributed by atoms with Crippen molar-refractivity contribution in [2.45, 2.75) is 19.4 Å². The van der Waals surface area contributed by atoms with Gasteiger partial charge in [-0.1, -0.05) is 59.6 Å². The largest absolute Gasteiger partial charge is 0.488 e. The van der Waals surface area contributed by atoms with E-state index in [4.69, 9.17) is 32.7 Å². The summed E-state index contributed by atoms with van der Waals surface area (Å²) in [6.07, 6.45) is 0. The van der Waals surface area contributed by atoms with Gasteiger partial charge < -0.3 is 14.8 Å². The molecule has 1 heterocycles. The molecule has 0 saturated heterocycles. The van der Waals surface area contributed by atoms with E-state index in [0.717, 1.165) is 26.0 Å². The Morgan fingerprint density at radius 1 is 1.06 bits per heavy atom. The summed E-state index contributed by atoms with van der Waals surface area (Å²) in [6.45, 7) is 2.10. The van der Waals surface area contributed by atoms with E-state index in [0.29, 0.717) is 38.2 Å². The van der Waals surface area contributed by atoms with Gasteiger partial charge in [0.1, 0.15) is 12.4 Å². The van der Waals surface area contributed by atoms with E-state index in [1.165, 1.54) is 7.11 Å². The van der Waals surface area contributed by atoms with Crippen molar-refractivity contribution in [2.24, 2.45) is 0 Å². The molecule has 36 heavy (non-hydrogen) atoms. The van der Waals surface area contributed by atoms with Gasteiger partial charge >= 0.3 is 5.97 Å². The van der Waals surface area contributed by atoms with Crippen LogP contribution in [-0.4, -0.2) is 18.9 Å². The predicted molar refractivity (Wildman–Crippen MR) is 148 cm³/mol. The molecule has 8 heteroatoms. The van der Waals surface area contributed by atoms with Crippen LogP contribution in [0.15, 0.2) is 77.5 Å². The lowest BCUT2D eigenvalue weighted by Gasteiger charge is -2.29. The van der Waals surface area contributed by atoms with Gasteiger partial charge in [-0.15, -0.1) is 0 Å². The number of fused-ring (bicyclic) bond motifs is 2. The molecule has 1 atom stereocenters. The summed E-state index contributed by atoms with van der Waals surface area (Å²) in [6, 6.07) is 18.4. The SMILES string of the molecule is COC(=O)C1=C(C)NC2=C(C(=O)c3ccccc32)[C@H]1c1ccc(OCc2ccc(Cl)cc2Cl)c(I)c1. The van der Waals surface area contributed by atoms with Crippen molar-refractivity contribution in [3.8, 4) is 5.75 Å². The number of allylic oxidation sites excluding steroid dienone is 2. The highest BCUT2D eigenvalue weighted by atomic mass is 127. The molecule has 1 N–H and O–H groups in total. The topological polar surface area (TPSA) is 64.6 Å². The Morgan fingerprint density at radius 2 is 1.81 bits per heavy atom. The van der Waals surface area contributed by atoms with Crippen LogP contribution in [0.4, 0.5) is 0 Å². The maximum atomic E-state index is 13.5. The van der Waals surface area contributed by atoms with Gasteiger partial charge in [-0.3, -0.25) is 4.79 Å². The molecule has 1 aliphatic carbocycles. The minimum absolute atomic E-state index is 0.0975. The molecule has 0 spiro atoms. The number of methoxy groups -OCH3 is 1. The van der Waals surface area contributed by atoms with Gasteiger partial charge in [-0.05, 0) is 59.3 Å². The van der Waals surface area contributed by atoms with Crippen LogP contribution in [0.5, 0.6) is 5.75 Å². The molecule has 2 aliphatic rings. The van der Waals surface area contributed by atoms with Crippen LogP contribution >= 0.6 is 45.8 Å². The number of halogens is 3. The number of carbonyl (C=O) groups is 2. The fourth-order valence-corrected chi connectivity index (χ4v) is 5.81. The number of nitrogens with one attached hydrogen (secondary N) is 1. The van der Waals surface area contributed by atoms with Gasteiger partial charge in [0.15, 0.2) is 5.78 Å². The number of dihydropyridines is 1. The molecule has 3 aromatic rings. The van der Waals surface area contributed by atoms with Crippen molar-refractivity contribution in [1.82, 2.24) is 5.32 Å². The van der Waals surface area contributed by atoms with Crippen molar-refractivity contribution in [2.75, 3.05) is 7.11 Å². The van der Waals surface area contributed by atoms with Crippen molar-refractivity contribution in [3.63, 3.8) is 0 Å². The van der Waals surface area contributed by atoms with Gasteiger partial charge in [-0.25, -0.2) is 4.79 Å². The van der Waals surface area contributed by atoms with Gasteiger partial charge in [0.05, 0.1) is 22.0 Å². The summed E-state index contributed by atoms with van der Waals surface area (Å²) in [5.41, 5.74) is 5.41. The molecule has 0 fully saturated rings. The van der Waals surface area contributed by atoms with Crippen molar-refractivity contribution in [3.05, 3.63) is 113 Å². The third kappa shape index (κ3) is 4.31. The highest BCUT2D eigenvalue weighted by Gasteiger charge is 2.42. The first-order valence-electron chi connectivity index (χ1n) is 11.1. The Bertz CT molecular complexity index is 1490. The standard InChI is InChI=1S/C28H20Cl2INO4/c1-14-23(28(34)35-2)24(25-26(32-14)18-5-3-4-6-19(18)27(25)33)15-8-10-22(21(31)11-15)36-13-16-7-9-17(29)12-20(16)30/h3-12,24,32H,13H2,1-2H3/t24-/m0/s1. The Labute approximate surface area is 232 Å². The van der Waals surface area contributed by atoms with E-state index in [2.05, 4.69) is 27.9 Å². The summed E-state index contributed by atoms with van der Waals surface area (Å²) in [4.78, 5) is 26.4. The molecule has 3 aromatic carbocycles. The Kier molecular flexibility index (Phi) is 6.85. The quantitative estimate of drug-likeness (QED) is 0.245. The van der Waals surface area contributed by atoms with Crippen LogP contribution in [0.25, 0.3) is 5.70 Å². The summed E-state index contributed by atoms with van der Waals surface area (Å²) in [5.74, 6) is -0.496. The fraction of sp³-hybridized carbons (Fsp3) is 0.143. The van der Waals surface area contributed by atoms with Crippen LogP contribution in [0, 0.1) is 3.57 Å². The molecule has 1 aliphatic heterocycles. The highest BCUT2D eigenvalue weighted by Crippen LogP contribution is 2.47. The number of esters is 1. The van der Waals surface area contributed by atoms with E-state index >= 15 is 0 Å². The number of ether oxygens (including phenoxy) is 2. The van der Waals surface area contributed by atoms with Crippen LogP contribution in [0.2, 0.25) is 10.0 Å². The van der Waals surface area contributed by atoms with E-state index in [1.807, 2.05) is 55.5 Å². The van der Waals surface area contributed by atoms with Crippen molar-refractivity contribution < 1.29 is 19.1 Å². The molecule has 0 amide bonds. The smallest absolute Gasteiger partial charge is 0.336 e. The normalized spacial score (nSPS) is 16.5. The molecule has 0 bridgehead atoms. The zero-order chi connectivity index (χ0) is 25.6. The number of ketones is 1. The number of rotatable bonds is 5. The predicted octanol–water partition coefficient (Wildman–Crippen LogP) is 6.92. The van der Waals surface area contributed by atoms with E-state index in [1.54, 1.807) is 12.1 Å². The van der Waals surface area contributed by atoms with E-state index in [9.17, 15) is 9.59 Å². The summed E-state index contributed by atoms with van der Waals surface area (Å²) < 4.78 is 12.0. The second kappa shape index (κ2) is 9.92. The average molecular weight is 632 g/mol. The molecule has 0 saturated carbocycles. The molecular weight excluding hydrogens is 612 g/mol. The third-order valence-electron chi connectivity index (χ3n) is 6.34. The first-order valence-corrected chi connectivity index (χ1v) is 12.9. The first kappa shape index (κ1) is 24.9. The average Bonchev–Trinajstić information content (AvgIpc) is 3.14. The van der Waals surface area contributed by atoms with Crippen LogP contribution < -0.4 is 10.1 Å². The maximum absolute atomic E-state index is 13.5. The zero-order valence-corrected chi connectivity index (χ0v) is 23.0. The molecular formula is C28H20Cl2INO4. The highest BCUT2D eigenvalue weighted by molar-refractivity contribution is 14.1. The van der Waals surface area contributed by atoms with Crippen LogP contribution in [-0.2, 0) is 16.1 Å². The molecule has 0 radical (unpaired) electrons. The lowest BCUT2D eigenvalue weighted by molar-refractivity contribution is -0.136. The molecule has 0 aromatic heterocycles. The molecule has 0 unspecified atom stereocenters. The maximum Gasteiger partial charge on any atom is 0.336 e. The molecule has 182 valence electrons. The lowest BCUT2D eigenvalue weighted by atomic mass is 9.80. The van der Waals surface area contributed by atoms with Crippen LogP contribution in [0.3, 0.4) is 0 Å². The second-order valence-electron chi connectivity index (χ2n) is 8.47. The fourth-order valence-electron chi connectivity index (χ4n) is 4.65. The Morgan fingerprint density at radius 3 is 2.50 bits per heavy atom. The number of Topliss-reactive ketones (excluding diaryl/α,β-unsaturated/α-hetero) is 1. The monoisotopic (exact) mass is 631 g/mol. The number of hydrogen-bond donors (Lipinski definition) is 1. The lowest BCUT2D eigenvalue weighted by Crippen LogP contribution is -2.29. The number of carbonyl (C=O) groups excluding carboxylic acids is 2. The van der Waals surface area contributed by atoms with Gasteiger partial charge in [0.25, 0.3) is 0 Å². The van der Waals surface area contributed by atoms with Gasteiger partial charge in [0, 0.05) is 43.9 Å². The molecule has 5 nitrogen and oxygen atoms in total. The first-order chi connectivity index (χ1) is 17.3. The summed E-state index contributed by atoms with van der Waals surface area (Å²) in [5, 5.41) is 4.39. The number of hydrogen-bond acceptors (Lipinski definition) is 5. The molecule has 5 rings (SSSR count). The van der Waals surface area contributed by atoms with Gasteiger partial charge in [0.2, 0.25) is 0 Å².